The van der Waals surface area contributed by atoms with Crippen molar-refractivity contribution >= 4 is 23.3 Å². The third-order valence-electron chi connectivity index (χ3n) is 6.76. The first-order valence-electron chi connectivity index (χ1n) is 12.9. The van der Waals surface area contributed by atoms with Crippen molar-refractivity contribution in [3.05, 3.63) is 90.0 Å². The fourth-order valence-corrected chi connectivity index (χ4v) is 4.63. The van der Waals surface area contributed by atoms with Gasteiger partial charge in [0.05, 0.1) is 23.9 Å². The molecule has 1 aliphatic heterocycles. The van der Waals surface area contributed by atoms with Gasteiger partial charge in [0.15, 0.2) is 5.75 Å². The van der Waals surface area contributed by atoms with E-state index in [1.54, 1.807) is 35.2 Å². The Bertz CT molecular complexity index is 1220. The maximum Gasteiger partial charge on any atom is 0.323 e. The predicted octanol–water partition coefficient (Wildman–Crippen LogP) is 4.68. The van der Waals surface area contributed by atoms with E-state index in [9.17, 15) is 14.7 Å². The summed E-state index contributed by atoms with van der Waals surface area (Å²) in [6.45, 7) is 5.53. The largest absolute Gasteiger partial charge is 0.486 e. The number of ether oxygens (including phenoxy) is 1. The zero-order chi connectivity index (χ0) is 27.1. The fraction of sp³-hybridized carbons (Fsp3) is 0.333. The molecule has 0 saturated carbocycles. The van der Waals surface area contributed by atoms with E-state index in [1.807, 2.05) is 50.4 Å². The molecular formula is C30H36N4O4. The van der Waals surface area contributed by atoms with Crippen LogP contribution in [-0.2, 0) is 6.54 Å². The smallest absolute Gasteiger partial charge is 0.323 e. The highest BCUT2D eigenvalue weighted by atomic mass is 16.5. The summed E-state index contributed by atoms with van der Waals surface area (Å²) < 4.78 is 6.58. The summed E-state index contributed by atoms with van der Waals surface area (Å²) in [4.78, 5) is 30.4. The van der Waals surface area contributed by atoms with Crippen LogP contribution < -0.4 is 15.4 Å². The number of nitrogens with zero attached hydrogens (tertiary/aromatic N) is 2. The first kappa shape index (κ1) is 27.2. The van der Waals surface area contributed by atoms with Crippen molar-refractivity contribution in [3.8, 4) is 5.75 Å². The minimum absolute atomic E-state index is 0.0366. The van der Waals surface area contributed by atoms with Gasteiger partial charge in [0, 0.05) is 31.2 Å². The van der Waals surface area contributed by atoms with Crippen LogP contribution in [0.5, 0.6) is 5.75 Å². The SMILES string of the molecule is C[C@H](CO)N1C[C@H](C)[C@@H](CN(C)Cc2ccccc2)Oc2c(NC(=O)Nc3ccccc3)cccc2C1=O. The molecule has 3 aromatic carbocycles. The van der Waals surface area contributed by atoms with Crippen LogP contribution in [0.1, 0.15) is 29.8 Å². The van der Waals surface area contributed by atoms with E-state index in [-0.39, 0.29) is 30.6 Å². The van der Waals surface area contributed by atoms with Crippen molar-refractivity contribution in [1.29, 1.82) is 0 Å². The highest BCUT2D eigenvalue weighted by molar-refractivity contribution is 6.04. The maximum absolute atomic E-state index is 13.6. The molecule has 8 nitrogen and oxygen atoms in total. The van der Waals surface area contributed by atoms with Crippen LogP contribution in [0.15, 0.2) is 78.9 Å². The molecule has 3 N–H and O–H groups in total. The van der Waals surface area contributed by atoms with Gasteiger partial charge < -0.3 is 25.4 Å². The third kappa shape index (κ3) is 6.70. The quantitative estimate of drug-likeness (QED) is 0.404. The molecule has 1 aliphatic rings. The highest BCUT2D eigenvalue weighted by Gasteiger charge is 2.34. The summed E-state index contributed by atoms with van der Waals surface area (Å²) in [6.07, 6.45) is -0.274. The van der Waals surface area contributed by atoms with Crippen molar-refractivity contribution < 1.29 is 19.4 Å². The second-order valence-corrected chi connectivity index (χ2v) is 9.93. The summed E-state index contributed by atoms with van der Waals surface area (Å²) in [5, 5.41) is 15.6. The van der Waals surface area contributed by atoms with Crippen molar-refractivity contribution in [1.82, 2.24) is 9.80 Å². The Hall–Kier alpha value is -3.88. The van der Waals surface area contributed by atoms with Crippen LogP contribution in [0, 0.1) is 5.92 Å². The lowest BCUT2D eigenvalue weighted by molar-refractivity contribution is 0.0343. The maximum atomic E-state index is 13.6. The van der Waals surface area contributed by atoms with Gasteiger partial charge in [-0.3, -0.25) is 9.69 Å². The van der Waals surface area contributed by atoms with Gasteiger partial charge in [-0.2, -0.15) is 0 Å². The Balaban J connectivity index is 1.63. The number of aliphatic hydroxyl groups excluding tert-OH is 1. The molecule has 1 heterocycles. The molecule has 3 amide bonds. The average Bonchev–Trinajstić information content (AvgIpc) is 2.91. The lowest BCUT2D eigenvalue weighted by Gasteiger charge is -2.38. The number of amides is 3. The topological polar surface area (TPSA) is 94.1 Å². The number of hydrogen-bond acceptors (Lipinski definition) is 5. The third-order valence-corrected chi connectivity index (χ3v) is 6.76. The minimum Gasteiger partial charge on any atom is -0.486 e. The molecule has 0 aromatic heterocycles. The number of aliphatic hydroxyl groups is 1. The number of hydrogen-bond donors (Lipinski definition) is 3. The van der Waals surface area contributed by atoms with Crippen LogP contribution in [0.3, 0.4) is 0 Å². The number of anilines is 2. The van der Waals surface area contributed by atoms with E-state index in [0.717, 1.165) is 6.54 Å². The van der Waals surface area contributed by atoms with Gasteiger partial charge in [-0.25, -0.2) is 4.79 Å². The Labute approximate surface area is 224 Å². The summed E-state index contributed by atoms with van der Waals surface area (Å²) in [7, 11) is 2.04. The minimum atomic E-state index is -0.436. The summed E-state index contributed by atoms with van der Waals surface area (Å²) in [5.41, 5.74) is 2.61. The standard InChI is InChI=1S/C30H36N4O4/c1-21-17-34(22(2)20-35)29(36)25-15-10-16-26(32-30(37)31-24-13-8-5-9-14-24)28(25)38-27(21)19-33(3)18-23-11-6-4-7-12-23/h4-16,21-22,27,35H,17-20H2,1-3H3,(H2,31,32,37)/t21-,22+,27+/m0/s1. The van der Waals surface area contributed by atoms with Crippen LogP contribution in [0.4, 0.5) is 16.2 Å². The van der Waals surface area contributed by atoms with Gasteiger partial charge in [-0.1, -0.05) is 61.5 Å². The lowest BCUT2D eigenvalue weighted by atomic mass is 9.99. The molecule has 0 fully saturated rings. The van der Waals surface area contributed by atoms with Crippen molar-refractivity contribution in [2.24, 2.45) is 5.92 Å². The van der Waals surface area contributed by atoms with Gasteiger partial charge in [0.25, 0.3) is 5.91 Å². The molecule has 8 heteroatoms. The molecule has 0 bridgehead atoms. The van der Waals surface area contributed by atoms with E-state index >= 15 is 0 Å². The van der Waals surface area contributed by atoms with Gasteiger partial charge >= 0.3 is 6.03 Å². The van der Waals surface area contributed by atoms with E-state index in [0.29, 0.717) is 35.8 Å². The molecule has 200 valence electrons. The summed E-state index contributed by atoms with van der Waals surface area (Å²) in [6, 6.07) is 23.7. The van der Waals surface area contributed by atoms with Crippen LogP contribution in [0.2, 0.25) is 0 Å². The Kier molecular flexibility index (Phi) is 8.99. The van der Waals surface area contributed by atoms with Crippen LogP contribution in [0.25, 0.3) is 0 Å². The first-order chi connectivity index (χ1) is 18.4. The average molecular weight is 517 g/mol. The number of nitrogens with one attached hydrogen (secondary N) is 2. The second-order valence-electron chi connectivity index (χ2n) is 9.93. The lowest BCUT2D eigenvalue weighted by Crippen LogP contribution is -2.49. The van der Waals surface area contributed by atoms with E-state index in [2.05, 4.69) is 34.6 Å². The Morgan fingerprint density at radius 2 is 1.74 bits per heavy atom. The number of carbonyl (C=O) groups is 2. The Morgan fingerprint density at radius 1 is 1.05 bits per heavy atom. The molecule has 0 saturated heterocycles. The molecule has 0 spiro atoms. The van der Waals surface area contributed by atoms with Crippen molar-refractivity contribution in [2.75, 3.05) is 37.4 Å². The molecule has 3 aromatic rings. The fourth-order valence-electron chi connectivity index (χ4n) is 4.63. The van der Waals surface area contributed by atoms with E-state index < -0.39 is 6.03 Å². The zero-order valence-electron chi connectivity index (χ0n) is 22.1. The molecule has 0 unspecified atom stereocenters. The molecule has 3 atom stereocenters. The number of urea groups is 1. The normalized spacial score (nSPS) is 18.1. The second kappa shape index (κ2) is 12.6. The van der Waals surface area contributed by atoms with Crippen LogP contribution >= 0.6 is 0 Å². The first-order valence-corrected chi connectivity index (χ1v) is 12.9. The Morgan fingerprint density at radius 3 is 2.42 bits per heavy atom. The number of likely N-dealkylation sites (N-methyl/N-ethyl adjacent to an activating group) is 1. The zero-order valence-corrected chi connectivity index (χ0v) is 22.1. The number of benzene rings is 3. The molecule has 0 radical (unpaired) electrons. The van der Waals surface area contributed by atoms with Gasteiger partial charge in [0.2, 0.25) is 0 Å². The molecular weight excluding hydrogens is 480 g/mol. The van der Waals surface area contributed by atoms with Crippen molar-refractivity contribution in [3.63, 3.8) is 0 Å². The molecule has 38 heavy (non-hydrogen) atoms. The highest BCUT2D eigenvalue weighted by Crippen LogP contribution is 2.35. The molecule has 4 rings (SSSR count). The van der Waals surface area contributed by atoms with Crippen LogP contribution in [-0.4, -0.2) is 65.7 Å². The summed E-state index contributed by atoms with van der Waals surface area (Å²) >= 11 is 0. The summed E-state index contributed by atoms with van der Waals surface area (Å²) in [5.74, 6) is 0.0580. The van der Waals surface area contributed by atoms with E-state index in [1.165, 1.54) is 5.56 Å². The number of fused-ring (bicyclic) bond motifs is 1. The van der Waals surface area contributed by atoms with E-state index in [4.69, 9.17) is 4.74 Å². The monoisotopic (exact) mass is 516 g/mol. The number of carbonyl (C=O) groups excluding carboxylic acids is 2. The van der Waals surface area contributed by atoms with Gasteiger partial charge in [0.1, 0.15) is 6.10 Å². The van der Waals surface area contributed by atoms with Gasteiger partial charge in [-0.05, 0) is 43.8 Å². The van der Waals surface area contributed by atoms with Gasteiger partial charge in [-0.15, -0.1) is 0 Å². The number of para-hydroxylation sites is 2. The number of rotatable bonds is 8. The molecule has 0 aliphatic carbocycles. The predicted molar refractivity (Wildman–Crippen MR) is 149 cm³/mol. The van der Waals surface area contributed by atoms with Crippen molar-refractivity contribution in [2.45, 2.75) is 32.5 Å².